The second-order valence-electron chi connectivity index (χ2n) is 3.54. The summed E-state index contributed by atoms with van der Waals surface area (Å²) in [6.07, 6.45) is 3.09. The Bertz CT molecular complexity index is 533. The zero-order chi connectivity index (χ0) is 12.3. The van der Waals surface area contributed by atoms with Crippen LogP contribution in [0, 0.1) is 0 Å². The molecule has 0 N–H and O–H groups in total. The van der Waals surface area contributed by atoms with Crippen LogP contribution < -0.4 is 9.78 Å². The fraction of sp³-hybridized carbons (Fsp3) is 0.182. The molecule has 1 aromatic heterocycles. The molecule has 1 aromatic carbocycles. The maximum atomic E-state index is 11.8. The summed E-state index contributed by atoms with van der Waals surface area (Å²) < 4.78 is 2.96. The van der Waals surface area contributed by atoms with E-state index in [2.05, 4.69) is 26.1 Å². The molecule has 0 saturated carbocycles. The third-order valence-electron chi connectivity index (χ3n) is 2.20. The SMILES string of the molecule is Cn1c[n+](/N=C(\[O-])c2ccc(CBr)cc2)cn1. The van der Waals surface area contributed by atoms with Crippen LogP contribution >= 0.6 is 15.9 Å². The first kappa shape index (κ1) is 11.8. The summed E-state index contributed by atoms with van der Waals surface area (Å²) in [6.45, 7) is 0. The van der Waals surface area contributed by atoms with Gasteiger partial charge in [0.2, 0.25) is 6.33 Å². The van der Waals surface area contributed by atoms with Gasteiger partial charge in [-0.25, -0.2) is 0 Å². The van der Waals surface area contributed by atoms with E-state index in [1.54, 1.807) is 30.2 Å². The Morgan fingerprint density at radius 2 is 2.18 bits per heavy atom. The van der Waals surface area contributed by atoms with E-state index in [1.807, 2.05) is 12.1 Å². The van der Waals surface area contributed by atoms with Crippen LogP contribution in [0.5, 0.6) is 0 Å². The van der Waals surface area contributed by atoms with Gasteiger partial charge in [0.15, 0.2) is 0 Å². The van der Waals surface area contributed by atoms with Gasteiger partial charge in [-0.15, -0.1) is 14.5 Å². The van der Waals surface area contributed by atoms with Gasteiger partial charge in [0.05, 0.1) is 7.05 Å². The van der Waals surface area contributed by atoms with E-state index in [9.17, 15) is 5.11 Å². The lowest BCUT2D eigenvalue weighted by Gasteiger charge is -2.08. The molecule has 17 heavy (non-hydrogen) atoms. The van der Waals surface area contributed by atoms with Crippen molar-refractivity contribution >= 4 is 21.8 Å². The molecule has 0 atom stereocenters. The summed E-state index contributed by atoms with van der Waals surface area (Å²) in [5.74, 6) is -0.288. The molecule has 2 aromatic rings. The summed E-state index contributed by atoms with van der Waals surface area (Å²) in [7, 11) is 1.77. The molecule has 88 valence electrons. The van der Waals surface area contributed by atoms with Crippen LogP contribution in [0.3, 0.4) is 0 Å². The number of rotatable bonds is 3. The van der Waals surface area contributed by atoms with E-state index >= 15 is 0 Å². The minimum atomic E-state index is -0.288. The fourth-order valence-electron chi connectivity index (χ4n) is 1.32. The van der Waals surface area contributed by atoms with E-state index in [1.165, 1.54) is 11.0 Å². The lowest BCUT2D eigenvalue weighted by Crippen LogP contribution is -2.32. The molecular weight excluding hydrogens is 284 g/mol. The molecule has 0 unspecified atom stereocenters. The van der Waals surface area contributed by atoms with E-state index in [-0.39, 0.29) is 5.90 Å². The third kappa shape index (κ3) is 2.91. The van der Waals surface area contributed by atoms with E-state index < -0.39 is 0 Å². The van der Waals surface area contributed by atoms with Crippen molar-refractivity contribution in [2.45, 2.75) is 5.33 Å². The topological polar surface area (TPSA) is 57.1 Å². The van der Waals surface area contributed by atoms with Crippen LogP contribution in [0.2, 0.25) is 0 Å². The number of alkyl halides is 1. The van der Waals surface area contributed by atoms with Crippen LogP contribution in [0.4, 0.5) is 0 Å². The first-order valence-corrected chi connectivity index (χ1v) is 6.12. The van der Waals surface area contributed by atoms with Crippen LogP contribution in [0.15, 0.2) is 42.0 Å². The molecule has 1 heterocycles. The fourth-order valence-corrected chi connectivity index (χ4v) is 1.69. The van der Waals surface area contributed by atoms with Crippen molar-refractivity contribution in [1.29, 1.82) is 0 Å². The molecule has 0 radical (unpaired) electrons. The predicted octanol–water partition coefficient (Wildman–Crippen LogP) is 0.173. The Morgan fingerprint density at radius 1 is 1.47 bits per heavy atom. The van der Waals surface area contributed by atoms with Crippen molar-refractivity contribution < 1.29 is 9.78 Å². The highest BCUT2D eigenvalue weighted by Crippen LogP contribution is 2.07. The normalized spacial score (nSPS) is 11.8. The number of benzene rings is 1. The smallest absolute Gasteiger partial charge is 0.288 e. The molecule has 0 fully saturated rings. The monoisotopic (exact) mass is 294 g/mol. The summed E-state index contributed by atoms with van der Waals surface area (Å²) in [4.78, 5) is 0. The van der Waals surface area contributed by atoms with Gasteiger partial charge in [0.1, 0.15) is 0 Å². The number of hydrogen-bond acceptors (Lipinski definition) is 3. The molecule has 6 heteroatoms. The molecule has 0 spiro atoms. The molecule has 0 aliphatic rings. The number of halogens is 1. The summed E-state index contributed by atoms with van der Waals surface area (Å²) in [5.41, 5.74) is 1.68. The highest BCUT2D eigenvalue weighted by atomic mass is 79.9. The maximum Gasteiger partial charge on any atom is 0.288 e. The van der Waals surface area contributed by atoms with Crippen molar-refractivity contribution in [2.75, 3.05) is 0 Å². The Kier molecular flexibility index (Phi) is 3.53. The summed E-state index contributed by atoms with van der Waals surface area (Å²) in [6, 6.07) is 7.32. The second kappa shape index (κ2) is 5.09. The number of aromatic nitrogens is 3. The van der Waals surface area contributed by atoms with Gasteiger partial charge in [-0.2, -0.15) is 0 Å². The van der Waals surface area contributed by atoms with Gasteiger partial charge in [-0.05, 0) is 11.1 Å². The predicted molar refractivity (Wildman–Crippen MR) is 64.4 cm³/mol. The van der Waals surface area contributed by atoms with Gasteiger partial charge in [-0.3, -0.25) is 0 Å². The molecule has 0 aliphatic carbocycles. The molecule has 0 amide bonds. The van der Waals surface area contributed by atoms with Crippen LogP contribution in [-0.2, 0) is 12.4 Å². The lowest BCUT2D eigenvalue weighted by molar-refractivity contribution is -0.682. The van der Waals surface area contributed by atoms with Crippen LogP contribution in [-0.4, -0.2) is 15.7 Å². The minimum Gasteiger partial charge on any atom is -0.856 e. The first-order chi connectivity index (χ1) is 8.19. The Balaban J connectivity index is 2.23. The molecule has 0 saturated heterocycles. The van der Waals surface area contributed by atoms with Gasteiger partial charge < -0.3 is 5.11 Å². The van der Waals surface area contributed by atoms with Crippen LogP contribution in [0.25, 0.3) is 0 Å². The van der Waals surface area contributed by atoms with Crippen molar-refractivity contribution in [2.24, 2.45) is 12.1 Å². The average molecular weight is 295 g/mol. The highest BCUT2D eigenvalue weighted by molar-refractivity contribution is 9.08. The molecule has 0 bridgehead atoms. The zero-order valence-electron chi connectivity index (χ0n) is 9.25. The number of hydrogen-bond donors (Lipinski definition) is 0. The van der Waals surface area contributed by atoms with Crippen molar-refractivity contribution in [1.82, 2.24) is 9.78 Å². The Labute approximate surface area is 107 Å². The van der Waals surface area contributed by atoms with Crippen LogP contribution in [0.1, 0.15) is 11.1 Å². The average Bonchev–Trinajstić information content (AvgIpc) is 2.75. The van der Waals surface area contributed by atoms with Crippen molar-refractivity contribution in [3.05, 3.63) is 48.0 Å². The van der Waals surface area contributed by atoms with Gasteiger partial charge in [-0.1, -0.05) is 40.2 Å². The van der Waals surface area contributed by atoms with Crippen molar-refractivity contribution in [3.8, 4) is 0 Å². The van der Waals surface area contributed by atoms with Gasteiger partial charge in [0.25, 0.3) is 6.33 Å². The van der Waals surface area contributed by atoms with Gasteiger partial charge >= 0.3 is 0 Å². The molecule has 5 nitrogen and oxygen atoms in total. The molecular formula is C11H11BrN4O. The Hall–Kier alpha value is -1.69. The maximum absolute atomic E-state index is 11.8. The molecule has 2 rings (SSSR count). The lowest BCUT2D eigenvalue weighted by atomic mass is 10.1. The highest BCUT2D eigenvalue weighted by Gasteiger charge is 1.99. The zero-order valence-corrected chi connectivity index (χ0v) is 10.8. The van der Waals surface area contributed by atoms with Gasteiger partial charge in [0, 0.05) is 16.3 Å². The summed E-state index contributed by atoms with van der Waals surface area (Å²) in [5, 5.41) is 20.4. The number of aryl methyl sites for hydroxylation is 1. The van der Waals surface area contributed by atoms with E-state index in [4.69, 9.17) is 0 Å². The summed E-state index contributed by atoms with van der Waals surface area (Å²) >= 11 is 3.35. The first-order valence-electron chi connectivity index (χ1n) is 5.00. The van der Waals surface area contributed by atoms with E-state index in [0.29, 0.717) is 5.56 Å². The second-order valence-corrected chi connectivity index (χ2v) is 4.10. The molecule has 0 aliphatic heterocycles. The van der Waals surface area contributed by atoms with Crippen molar-refractivity contribution in [3.63, 3.8) is 0 Å². The largest absolute Gasteiger partial charge is 0.856 e. The standard InChI is InChI=1S/C11H11BrN4O/c1-15-8-16(7-13-15)14-11(17)10-4-2-9(6-12)3-5-10/h2-5,7-8H,6H2,1H3. The number of nitrogens with zero attached hydrogens (tertiary/aromatic N) is 4. The minimum absolute atomic E-state index is 0.288. The quantitative estimate of drug-likeness (QED) is 0.351. The Morgan fingerprint density at radius 3 is 2.71 bits per heavy atom. The van der Waals surface area contributed by atoms with E-state index in [0.717, 1.165) is 10.9 Å². The third-order valence-corrected chi connectivity index (χ3v) is 2.85.